The van der Waals surface area contributed by atoms with Crippen molar-refractivity contribution in [3.05, 3.63) is 39.8 Å². The van der Waals surface area contributed by atoms with Crippen molar-refractivity contribution in [3.8, 4) is 5.75 Å². The van der Waals surface area contributed by atoms with Crippen molar-refractivity contribution in [3.63, 3.8) is 0 Å². The third kappa shape index (κ3) is 3.34. The summed E-state index contributed by atoms with van der Waals surface area (Å²) in [6, 6.07) is 1.81. The van der Waals surface area contributed by atoms with Gasteiger partial charge >= 0.3 is 0 Å². The van der Waals surface area contributed by atoms with E-state index in [9.17, 15) is 14.7 Å². The Hall–Kier alpha value is -2.68. The molecule has 0 aliphatic carbocycles. The Balaban J connectivity index is 1.83. The molecule has 9 heteroatoms. The van der Waals surface area contributed by atoms with Crippen molar-refractivity contribution in [1.82, 2.24) is 24.6 Å². The predicted octanol–water partition coefficient (Wildman–Crippen LogP) is 0.751. The average molecular weight is 361 g/mol. The molecule has 0 radical (unpaired) electrons. The van der Waals surface area contributed by atoms with E-state index in [1.54, 1.807) is 18.5 Å². The maximum atomic E-state index is 12.5. The molecule has 2 aromatic heterocycles. The average Bonchev–Trinajstić information content (AvgIpc) is 3.04. The van der Waals surface area contributed by atoms with Gasteiger partial charge in [-0.15, -0.1) is 0 Å². The summed E-state index contributed by atoms with van der Waals surface area (Å²) in [4.78, 5) is 29.1. The Labute approximate surface area is 150 Å². The van der Waals surface area contributed by atoms with Crippen LogP contribution in [0.5, 0.6) is 5.75 Å². The molecule has 2 N–H and O–H groups in total. The monoisotopic (exact) mass is 361 g/mol. The van der Waals surface area contributed by atoms with Crippen LogP contribution in [0.1, 0.15) is 49.2 Å². The molecule has 1 aliphatic heterocycles. The van der Waals surface area contributed by atoms with E-state index >= 15 is 0 Å². The summed E-state index contributed by atoms with van der Waals surface area (Å²) in [6.45, 7) is 7.19. The molecule has 26 heavy (non-hydrogen) atoms. The summed E-state index contributed by atoms with van der Waals surface area (Å²) in [5, 5.41) is 17.1. The van der Waals surface area contributed by atoms with Crippen molar-refractivity contribution < 1.29 is 14.6 Å². The van der Waals surface area contributed by atoms with E-state index in [0.29, 0.717) is 18.1 Å². The van der Waals surface area contributed by atoms with Crippen molar-refractivity contribution >= 4 is 5.91 Å². The van der Waals surface area contributed by atoms with Gasteiger partial charge in [0.1, 0.15) is 11.4 Å². The molecule has 1 amide bonds. The van der Waals surface area contributed by atoms with Crippen LogP contribution in [-0.2, 0) is 30.0 Å². The summed E-state index contributed by atoms with van der Waals surface area (Å²) in [5.41, 5.74) is -1.07. The molecule has 0 saturated heterocycles. The third-order valence-corrected chi connectivity index (χ3v) is 4.26. The number of nitrogens with zero attached hydrogens (tertiary/aromatic N) is 4. The lowest BCUT2D eigenvalue weighted by Gasteiger charge is -2.32. The normalized spacial score (nSPS) is 15.5. The van der Waals surface area contributed by atoms with E-state index in [1.807, 2.05) is 12.3 Å². The van der Waals surface area contributed by atoms with Crippen LogP contribution in [0.2, 0.25) is 0 Å². The Bertz CT molecular complexity index is 884. The molecule has 2 aromatic rings. The lowest BCUT2D eigenvalue weighted by molar-refractivity contribution is -0.0566. The molecule has 9 nitrogen and oxygen atoms in total. The molecular formula is C17H23N5O4. The zero-order chi connectivity index (χ0) is 18.9. The van der Waals surface area contributed by atoms with Crippen molar-refractivity contribution in [1.29, 1.82) is 0 Å². The minimum Gasteiger partial charge on any atom is -0.501 e. The Morgan fingerprint density at radius 3 is 2.96 bits per heavy atom. The fourth-order valence-electron chi connectivity index (χ4n) is 2.93. The van der Waals surface area contributed by atoms with Crippen LogP contribution in [-0.4, -0.2) is 37.0 Å². The molecule has 0 fully saturated rings. The van der Waals surface area contributed by atoms with Gasteiger partial charge in [0.15, 0.2) is 5.69 Å². The molecule has 0 aromatic carbocycles. The molecule has 0 saturated carbocycles. The minimum atomic E-state index is -0.820. The SMILES string of the molecule is CCCn1ccc(CNC(=O)c2nc3n(c(=O)c2O)CCOC3(C)C)n1. The van der Waals surface area contributed by atoms with E-state index in [0.717, 1.165) is 13.0 Å². The highest BCUT2D eigenvalue weighted by molar-refractivity contribution is 5.94. The third-order valence-electron chi connectivity index (χ3n) is 4.26. The maximum Gasteiger partial charge on any atom is 0.296 e. The van der Waals surface area contributed by atoms with Gasteiger partial charge < -0.3 is 15.2 Å². The number of carbonyl (C=O) groups is 1. The zero-order valence-corrected chi connectivity index (χ0v) is 15.2. The van der Waals surface area contributed by atoms with Crippen molar-refractivity contribution in [2.75, 3.05) is 6.61 Å². The van der Waals surface area contributed by atoms with Gasteiger partial charge in [-0.1, -0.05) is 6.92 Å². The number of aryl methyl sites for hydroxylation is 1. The largest absolute Gasteiger partial charge is 0.501 e. The highest BCUT2D eigenvalue weighted by Crippen LogP contribution is 2.27. The lowest BCUT2D eigenvalue weighted by Crippen LogP contribution is -2.42. The molecular weight excluding hydrogens is 338 g/mol. The van der Waals surface area contributed by atoms with Crippen LogP contribution in [0, 0.1) is 0 Å². The molecule has 3 heterocycles. The number of aromatic nitrogens is 4. The van der Waals surface area contributed by atoms with Crippen LogP contribution in [0.3, 0.4) is 0 Å². The van der Waals surface area contributed by atoms with Crippen LogP contribution in [0.4, 0.5) is 0 Å². The fraction of sp³-hybridized carbons (Fsp3) is 0.529. The first-order valence-corrected chi connectivity index (χ1v) is 8.62. The van der Waals surface area contributed by atoms with Gasteiger partial charge in [-0.05, 0) is 26.3 Å². The Morgan fingerprint density at radius 1 is 1.46 bits per heavy atom. The summed E-state index contributed by atoms with van der Waals surface area (Å²) in [6.07, 6.45) is 2.80. The lowest BCUT2D eigenvalue weighted by atomic mass is 10.1. The second kappa shape index (κ2) is 6.91. The van der Waals surface area contributed by atoms with Crippen LogP contribution < -0.4 is 10.9 Å². The van der Waals surface area contributed by atoms with Gasteiger partial charge in [-0.25, -0.2) is 4.98 Å². The second-order valence-electron chi connectivity index (χ2n) is 6.70. The van der Waals surface area contributed by atoms with Gasteiger partial charge in [0.05, 0.1) is 25.4 Å². The highest BCUT2D eigenvalue weighted by Gasteiger charge is 2.34. The minimum absolute atomic E-state index is 0.176. The molecule has 0 bridgehead atoms. The zero-order valence-electron chi connectivity index (χ0n) is 15.2. The smallest absolute Gasteiger partial charge is 0.296 e. The maximum absolute atomic E-state index is 12.5. The number of fused-ring (bicyclic) bond motifs is 1. The topological polar surface area (TPSA) is 111 Å². The summed E-state index contributed by atoms with van der Waals surface area (Å²) in [5.74, 6) is -0.959. The number of rotatable bonds is 5. The Kier molecular flexibility index (Phi) is 4.82. The standard InChI is InChI=1S/C17H23N5O4/c1-4-6-21-7-5-11(20-21)10-18-14(24)12-13(23)15(25)22-8-9-26-17(2,3)16(22)19-12/h5,7,23H,4,6,8-10H2,1-3H3,(H,18,24). The summed E-state index contributed by atoms with van der Waals surface area (Å²) in [7, 11) is 0. The van der Waals surface area contributed by atoms with Gasteiger partial charge in [0.2, 0.25) is 5.75 Å². The van der Waals surface area contributed by atoms with E-state index in [-0.39, 0.29) is 18.8 Å². The number of aromatic hydroxyl groups is 1. The first-order valence-electron chi connectivity index (χ1n) is 8.62. The van der Waals surface area contributed by atoms with E-state index in [4.69, 9.17) is 4.74 Å². The van der Waals surface area contributed by atoms with E-state index in [1.165, 1.54) is 4.57 Å². The highest BCUT2D eigenvalue weighted by atomic mass is 16.5. The molecule has 1 aliphatic rings. The molecule has 140 valence electrons. The number of carbonyl (C=O) groups excluding carboxylic acids is 1. The molecule has 3 rings (SSSR count). The van der Waals surface area contributed by atoms with Crippen molar-refractivity contribution in [2.45, 2.75) is 52.4 Å². The van der Waals surface area contributed by atoms with Crippen LogP contribution in [0.15, 0.2) is 17.1 Å². The van der Waals surface area contributed by atoms with E-state index < -0.39 is 22.8 Å². The second-order valence-corrected chi connectivity index (χ2v) is 6.70. The molecule has 0 spiro atoms. The molecule has 0 unspecified atom stereocenters. The van der Waals surface area contributed by atoms with Crippen molar-refractivity contribution in [2.24, 2.45) is 0 Å². The number of ether oxygens (including phenoxy) is 1. The van der Waals surface area contributed by atoms with Gasteiger partial charge in [-0.3, -0.25) is 18.8 Å². The first kappa shape index (κ1) is 18.1. The quantitative estimate of drug-likeness (QED) is 0.813. The first-order chi connectivity index (χ1) is 12.3. The van der Waals surface area contributed by atoms with Gasteiger partial charge in [-0.2, -0.15) is 5.10 Å². The summed E-state index contributed by atoms with van der Waals surface area (Å²) < 4.78 is 8.77. The number of hydrogen-bond acceptors (Lipinski definition) is 6. The number of nitrogens with one attached hydrogen (secondary N) is 1. The Morgan fingerprint density at radius 2 is 2.23 bits per heavy atom. The predicted molar refractivity (Wildman–Crippen MR) is 92.8 cm³/mol. The summed E-state index contributed by atoms with van der Waals surface area (Å²) >= 11 is 0. The number of hydrogen-bond donors (Lipinski definition) is 2. The van der Waals surface area contributed by atoms with Crippen LogP contribution >= 0.6 is 0 Å². The van der Waals surface area contributed by atoms with Gasteiger partial charge in [0.25, 0.3) is 11.5 Å². The molecule has 0 atom stereocenters. The fourth-order valence-corrected chi connectivity index (χ4v) is 2.93. The van der Waals surface area contributed by atoms with Gasteiger partial charge in [0, 0.05) is 12.7 Å². The number of amides is 1. The van der Waals surface area contributed by atoms with Crippen LogP contribution in [0.25, 0.3) is 0 Å². The van der Waals surface area contributed by atoms with E-state index in [2.05, 4.69) is 22.3 Å².